The fourth-order valence-electron chi connectivity index (χ4n) is 5.41. The summed E-state index contributed by atoms with van der Waals surface area (Å²) in [6.07, 6.45) is 3.86. The van der Waals surface area contributed by atoms with Crippen molar-refractivity contribution >= 4 is 40.5 Å². The van der Waals surface area contributed by atoms with Crippen molar-refractivity contribution < 1.29 is 4.79 Å². The van der Waals surface area contributed by atoms with Gasteiger partial charge in [0.2, 0.25) is 0 Å². The number of piperazine rings is 1. The summed E-state index contributed by atoms with van der Waals surface area (Å²) in [6.45, 7) is 5.36. The van der Waals surface area contributed by atoms with Crippen molar-refractivity contribution in [2.24, 2.45) is 5.73 Å². The highest BCUT2D eigenvalue weighted by Gasteiger charge is 2.31. The highest BCUT2D eigenvalue weighted by Crippen LogP contribution is 2.44. The number of halogens is 2. The Labute approximate surface area is 211 Å². The molecule has 1 saturated heterocycles. The van der Waals surface area contributed by atoms with Crippen LogP contribution < -0.4 is 15.5 Å². The zero-order valence-corrected chi connectivity index (χ0v) is 20.9. The summed E-state index contributed by atoms with van der Waals surface area (Å²) in [5.74, 6) is -0.335. The van der Waals surface area contributed by atoms with E-state index >= 15 is 0 Å². The van der Waals surface area contributed by atoms with E-state index in [1.807, 2.05) is 18.2 Å². The van der Waals surface area contributed by atoms with E-state index < -0.39 is 0 Å². The second-order valence-corrected chi connectivity index (χ2v) is 9.92. The van der Waals surface area contributed by atoms with Crippen LogP contribution in [0.2, 0.25) is 10.0 Å². The smallest absolute Gasteiger partial charge is 0.251 e. The Morgan fingerprint density at radius 3 is 2.44 bits per heavy atom. The van der Waals surface area contributed by atoms with E-state index in [1.54, 1.807) is 0 Å². The van der Waals surface area contributed by atoms with Gasteiger partial charge in [-0.1, -0.05) is 66.9 Å². The third-order valence-electron chi connectivity index (χ3n) is 7.08. The fraction of sp³-hybridized carbons (Fsp3) is 0.321. The minimum Gasteiger partial charge on any atom is -0.367 e. The number of unbranched alkanes of at least 4 members (excludes halogenated alkanes) is 1. The van der Waals surface area contributed by atoms with Gasteiger partial charge in [-0.25, -0.2) is 0 Å². The molecule has 0 unspecified atom stereocenters. The standard InChI is InChI=1S/C28H29Cl2N3O/c1-2-3-7-19-17-21-20-9-5-4-8-18(20)16-22(21)25(28(31)34)27(19)33-14-12-32(13-15-33)24-11-6-10-23(29)26(24)30/h4-6,8-11,17H,2-3,7,12-16H2,1H3,(H2,31,34). The number of nitrogens with two attached hydrogens (primary N) is 1. The molecule has 34 heavy (non-hydrogen) atoms. The van der Waals surface area contributed by atoms with E-state index in [0.29, 0.717) is 15.6 Å². The van der Waals surface area contributed by atoms with Gasteiger partial charge in [-0.2, -0.15) is 0 Å². The number of benzene rings is 3. The molecule has 2 aliphatic rings. The van der Waals surface area contributed by atoms with Gasteiger partial charge in [0.1, 0.15) is 0 Å². The van der Waals surface area contributed by atoms with Gasteiger partial charge in [0.05, 0.1) is 27.0 Å². The average Bonchev–Trinajstić information content (AvgIpc) is 3.21. The van der Waals surface area contributed by atoms with Crippen molar-refractivity contribution in [3.05, 3.63) is 80.8 Å². The molecule has 1 amide bonds. The molecule has 1 aliphatic carbocycles. The molecule has 3 aromatic rings. The molecule has 1 fully saturated rings. The van der Waals surface area contributed by atoms with E-state index in [4.69, 9.17) is 28.9 Å². The number of primary amides is 1. The first kappa shape index (κ1) is 23.1. The van der Waals surface area contributed by atoms with Crippen LogP contribution in [0.4, 0.5) is 11.4 Å². The maximum atomic E-state index is 12.9. The van der Waals surface area contributed by atoms with Crippen molar-refractivity contribution in [3.63, 3.8) is 0 Å². The fourth-order valence-corrected chi connectivity index (χ4v) is 5.83. The van der Waals surface area contributed by atoms with Gasteiger partial charge in [0, 0.05) is 26.2 Å². The molecule has 4 nitrogen and oxygen atoms in total. The van der Waals surface area contributed by atoms with E-state index in [2.05, 4.69) is 47.1 Å². The molecular weight excluding hydrogens is 465 g/mol. The normalized spacial score (nSPS) is 14.8. The quantitative estimate of drug-likeness (QED) is 0.341. The van der Waals surface area contributed by atoms with Gasteiger partial charge in [-0.15, -0.1) is 0 Å². The van der Waals surface area contributed by atoms with Crippen LogP contribution in [0.25, 0.3) is 11.1 Å². The molecule has 0 spiro atoms. The summed E-state index contributed by atoms with van der Waals surface area (Å²) in [6, 6.07) is 16.5. The van der Waals surface area contributed by atoms with Gasteiger partial charge >= 0.3 is 0 Å². The number of aryl methyl sites for hydroxylation is 1. The van der Waals surface area contributed by atoms with Crippen molar-refractivity contribution in [1.29, 1.82) is 0 Å². The zero-order valence-electron chi connectivity index (χ0n) is 19.4. The lowest BCUT2D eigenvalue weighted by Crippen LogP contribution is -2.47. The highest BCUT2D eigenvalue weighted by molar-refractivity contribution is 6.43. The van der Waals surface area contributed by atoms with Gasteiger partial charge in [-0.05, 0) is 65.3 Å². The van der Waals surface area contributed by atoms with Gasteiger partial charge in [0.25, 0.3) is 5.91 Å². The van der Waals surface area contributed by atoms with Crippen LogP contribution in [0.15, 0.2) is 48.5 Å². The summed E-state index contributed by atoms with van der Waals surface area (Å²) in [4.78, 5) is 17.5. The number of rotatable bonds is 6. The van der Waals surface area contributed by atoms with Crippen LogP contribution in [0.3, 0.4) is 0 Å². The first-order chi connectivity index (χ1) is 16.5. The van der Waals surface area contributed by atoms with Crippen molar-refractivity contribution in [2.45, 2.75) is 32.6 Å². The monoisotopic (exact) mass is 493 g/mol. The molecule has 0 atom stereocenters. The van der Waals surface area contributed by atoms with Crippen molar-refractivity contribution in [2.75, 3.05) is 36.0 Å². The lowest BCUT2D eigenvalue weighted by atomic mass is 9.91. The molecule has 0 radical (unpaired) electrons. The number of amides is 1. The molecule has 2 N–H and O–H groups in total. The number of anilines is 2. The number of carbonyl (C=O) groups is 1. The predicted octanol–water partition coefficient (Wildman–Crippen LogP) is 6.33. The van der Waals surface area contributed by atoms with Crippen LogP contribution in [0.5, 0.6) is 0 Å². The largest absolute Gasteiger partial charge is 0.367 e. The molecule has 0 saturated carbocycles. The van der Waals surface area contributed by atoms with E-state index in [-0.39, 0.29) is 5.91 Å². The van der Waals surface area contributed by atoms with E-state index in [0.717, 1.165) is 68.8 Å². The van der Waals surface area contributed by atoms with Crippen LogP contribution in [0.1, 0.15) is 46.8 Å². The molecule has 3 aromatic carbocycles. The Bertz CT molecular complexity index is 1250. The van der Waals surface area contributed by atoms with Crippen LogP contribution in [0, 0.1) is 0 Å². The number of nitrogens with zero attached hydrogens (tertiary/aromatic N) is 2. The Hall–Kier alpha value is -2.69. The third-order valence-corrected chi connectivity index (χ3v) is 7.88. The third kappa shape index (κ3) is 4.03. The topological polar surface area (TPSA) is 49.6 Å². The van der Waals surface area contributed by atoms with E-state index in [1.165, 1.54) is 22.3 Å². The predicted molar refractivity (Wildman–Crippen MR) is 143 cm³/mol. The van der Waals surface area contributed by atoms with Crippen LogP contribution in [-0.2, 0) is 12.8 Å². The van der Waals surface area contributed by atoms with E-state index in [9.17, 15) is 4.79 Å². The molecule has 0 bridgehead atoms. The lowest BCUT2D eigenvalue weighted by molar-refractivity contribution is 0.1000. The van der Waals surface area contributed by atoms with Crippen LogP contribution >= 0.6 is 23.2 Å². The maximum Gasteiger partial charge on any atom is 0.251 e. The van der Waals surface area contributed by atoms with Gasteiger partial charge in [-0.3, -0.25) is 4.79 Å². The average molecular weight is 494 g/mol. The molecule has 1 heterocycles. The Kier molecular flexibility index (Phi) is 6.46. The minimum atomic E-state index is -0.335. The Balaban J connectivity index is 1.53. The lowest BCUT2D eigenvalue weighted by Gasteiger charge is -2.39. The number of hydrogen-bond donors (Lipinski definition) is 1. The first-order valence-electron chi connectivity index (χ1n) is 12.0. The summed E-state index contributed by atoms with van der Waals surface area (Å²) in [5.41, 5.74) is 14.7. The first-order valence-corrected chi connectivity index (χ1v) is 12.8. The molecular formula is C28H29Cl2N3O. The molecule has 1 aliphatic heterocycles. The maximum absolute atomic E-state index is 12.9. The molecule has 176 valence electrons. The second kappa shape index (κ2) is 9.52. The van der Waals surface area contributed by atoms with Gasteiger partial charge < -0.3 is 15.5 Å². The summed E-state index contributed by atoms with van der Waals surface area (Å²) >= 11 is 12.7. The summed E-state index contributed by atoms with van der Waals surface area (Å²) in [7, 11) is 0. The SMILES string of the molecule is CCCCc1cc2c(c(C(N)=O)c1N1CCN(c3cccc(Cl)c3Cl)CC1)Cc1ccccc1-2. The Morgan fingerprint density at radius 2 is 1.71 bits per heavy atom. The van der Waals surface area contributed by atoms with Crippen molar-refractivity contribution in [1.82, 2.24) is 0 Å². The number of fused-ring (bicyclic) bond motifs is 3. The minimum absolute atomic E-state index is 0.335. The number of carbonyl (C=O) groups excluding carboxylic acids is 1. The molecule has 0 aromatic heterocycles. The zero-order chi connectivity index (χ0) is 23.8. The summed E-state index contributed by atoms with van der Waals surface area (Å²) in [5, 5.41) is 1.16. The summed E-state index contributed by atoms with van der Waals surface area (Å²) < 4.78 is 0. The van der Waals surface area contributed by atoms with Crippen molar-refractivity contribution in [3.8, 4) is 11.1 Å². The molecule has 5 rings (SSSR count). The Morgan fingerprint density at radius 1 is 0.971 bits per heavy atom. The number of hydrogen-bond acceptors (Lipinski definition) is 3. The molecule has 6 heteroatoms. The van der Waals surface area contributed by atoms with Crippen LogP contribution in [-0.4, -0.2) is 32.1 Å². The second-order valence-electron chi connectivity index (χ2n) is 9.13. The van der Waals surface area contributed by atoms with Gasteiger partial charge in [0.15, 0.2) is 0 Å². The highest BCUT2D eigenvalue weighted by atomic mass is 35.5.